The molecular formula is C12H13BrClF3O3. The number of ether oxygens (including phenoxy) is 3. The second kappa shape index (κ2) is 7.38. The third kappa shape index (κ3) is 5.03. The van der Waals surface area contributed by atoms with E-state index in [0.29, 0.717) is 21.5 Å². The molecule has 0 aliphatic rings. The topological polar surface area (TPSA) is 27.7 Å². The van der Waals surface area contributed by atoms with Crippen LogP contribution in [0.5, 0.6) is 11.5 Å². The largest absolute Gasteiger partial charge is 0.496 e. The number of alkyl halides is 4. The van der Waals surface area contributed by atoms with E-state index in [0.717, 1.165) is 0 Å². The molecular weight excluding hydrogens is 364 g/mol. The van der Waals surface area contributed by atoms with Crippen LogP contribution in [-0.4, -0.2) is 33.6 Å². The zero-order valence-corrected chi connectivity index (χ0v) is 13.1. The zero-order valence-electron chi connectivity index (χ0n) is 10.8. The van der Waals surface area contributed by atoms with Crippen LogP contribution in [0, 0.1) is 0 Å². The molecule has 114 valence electrons. The van der Waals surface area contributed by atoms with Crippen LogP contribution in [-0.2, 0) is 4.74 Å². The van der Waals surface area contributed by atoms with Crippen LogP contribution in [0.15, 0.2) is 16.6 Å². The third-order valence-corrected chi connectivity index (χ3v) is 3.35. The van der Waals surface area contributed by atoms with Gasteiger partial charge in [0.05, 0.1) is 30.7 Å². The van der Waals surface area contributed by atoms with Crippen LogP contribution in [0.25, 0.3) is 0 Å². The van der Waals surface area contributed by atoms with Crippen molar-refractivity contribution in [2.45, 2.75) is 11.6 Å². The molecule has 1 unspecified atom stereocenters. The minimum atomic E-state index is -4.38. The molecule has 0 heterocycles. The predicted octanol–water partition coefficient (Wildman–Crippen LogP) is 4.33. The highest BCUT2D eigenvalue weighted by molar-refractivity contribution is 9.10. The van der Waals surface area contributed by atoms with Gasteiger partial charge < -0.3 is 14.2 Å². The van der Waals surface area contributed by atoms with Crippen LogP contribution < -0.4 is 9.47 Å². The molecule has 0 bridgehead atoms. The van der Waals surface area contributed by atoms with Gasteiger partial charge in [-0.3, -0.25) is 0 Å². The lowest BCUT2D eigenvalue weighted by atomic mass is 10.1. The smallest absolute Gasteiger partial charge is 0.411 e. The van der Waals surface area contributed by atoms with Crippen molar-refractivity contribution < 1.29 is 27.4 Å². The van der Waals surface area contributed by atoms with Crippen molar-refractivity contribution in [2.24, 2.45) is 0 Å². The number of hydrogen-bond donors (Lipinski definition) is 0. The summed E-state index contributed by atoms with van der Waals surface area (Å²) in [7, 11) is 2.91. The van der Waals surface area contributed by atoms with Crippen molar-refractivity contribution in [1.82, 2.24) is 0 Å². The van der Waals surface area contributed by atoms with Crippen LogP contribution >= 0.6 is 27.5 Å². The Hall–Kier alpha value is -0.660. The van der Waals surface area contributed by atoms with Crippen molar-refractivity contribution in [3.63, 3.8) is 0 Å². The molecule has 0 saturated heterocycles. The van der Waals surface area contributed by atoms with E-state index in [2.05, 4.69) is 20.7 Å². The quantitative estimate of drug-likeness (QED) is 0.691. The van der Waals surface area contributed by atoms with Crippen LogP contribution in [0.3, 0.4) is 0 Å². The Bertz CT molecular complexity index is 454. The second-order valence-corrected chi connectivity index (χ2v) is 5.21. The monoisotopic (exact) mass is 376 g/mol. The van der Waals surface area contributed by atoms with Crippen molar-refractivity contribution >= 4 is 27.5 Å². The first-order chi connectivity index (χ1) is 9.28. The summed E-state index contributed by atoms with van der Waals surface area (Å²) in [5.74, 6) is 0.940. The summed E-state index contributed by atoms with van der Waals surface area (Å²) in [4.78, 5) is 0. The standard InChI is InChI=1S/C12H13BrClF3O3/c1-18-10-4-8(13)11(19-2)3-7(10)9(14)5-20-6-12(15,16)17/h3-4,9H,5-6H2,1-2H3. The van der Waals surface area contributed by atoms with E-state index >= 15 is 0 Å². The third-order valence-electron chi connectivity index (χ3n) is 2.37. The average Bonchev–Trinajstić information content (AvgIpc) is 2.36. The number of halogens is 5. The van der Waals surface area contributed by atoms with Gasteiger partial charge in [-0.1, -0.05) is 0 Å². The van der Waals surface area contributed by atoms with E-state index in [1.807, 2.05) is 0 Å². The minimum absolute atomic E-state index is 0.289. The molecule has 1 aromatic carbocycles. The molecule has 1 aromatic rings. The van der Waals surface area contributed by atoms with Crippen molar-refractivity contribution in [3.05, 3.63) is 22.2 Å². The average molecular weight is 378 g/mol. The first-order valence-corrected chi connectivity index (χ1v) is 6.71. The van der Waals surface area contributed by atoms with Gasteiger partial charge in [-0.2, -0.15) is 13.2 Å². The van der Waals surface area contributed by atoms with Gasteiger partial charge in [-0.05, 0) is 28.1 Å². The molecule has 0 N–H and O–H groups in total. The Morgan fingerprint density at radius 1 is 1.20 bits per heavy atom. The van der Waals surface area contributed by atoms with Crippen LogP contribution in [0.1, 0.15) is 10.9 Å². The maximum absolute atomic E-state index is 12.0. The van der Waals surface area contributed by atoms with Gasteiger partial charge in [0.1, 0.15) is 18.1 Å². The second-order valence-electron chi connectivity index (χ2n) is 3.83. The van der Waals surface area contributed by atoms with Crippen molar-refractivity contribution in [2.75, 3.05) is 27.4 Å². The fourth-order valence-electron chi connectivity index (χ4n) is 1.50. The van der Waals surface area contributed by atoms with Gasteiger partial charge in [-0.15, -0.1) is 11.6 Å². The van der Waals surface area contributed by atoms with E-state index in [4.69, 9.17) is 21.1 Å². The van der Waals surface area contributed by atoms with E-state index in [-0.39, 0.29) is 6.61 Å². The summed E-state index contributed by atoms with van der Waals surface area (Å²) in [6.07, 6.45) is -4.38. The molecule has 0 aliphatic heterocycles. The van der Waals surface area contributed by atoms with Gasteiger partial charge in [0.25, 0.3) is 0 Å². The first kappa shape index (κ1) is 17.4. The number of rotatable bonds is 6. The molecule has 0 aromatic heterocycles. The summed E-state index contributed by atoms with van der Waals surface area (Å²) < 4.78 is 51.5. The maximum atomic E-state index is 12.0. The summed E-state index contributed by atoms with van der Waals surface area (Å²) in [5, 5.41) is -0.783. The Labute approximate surface area is 128 Å². The lowest BCUT2D eigenvalue weighted by molar-refractivity contribution is -0.173. The van der Waals surface area contributed by atoms with Crippen LogP contribution in [0.4, 0.5) is 13.2 Å². The molecule has 8 heteroatoms. The summed E-state index contributed by atoms with van der Waals surface area (Å²) in [6.45, 7) is -1.63. The number of benzene rings is 1. The van der Waals surface area contributed by atoms with Gasteiger partial charge in [0, 0.05) is 5.56 Å². The van der Waals surface area contributed by atoms with Gasteiger partial charge in [0.15, 0.2) is 0 Å². The van der Waals surface area contributed by atoms with Gasteiger partial charge in [0.2, 0.25) is 0 Å². The maximum Gasteiger partial charge on any atom is 0.411 e. The van der Waals surface area contributed by atoms with E-state index < -0.39 is 18.2 Å². The molecule has 0 saturated carbocycles. The molecule has 20 heavy (non-hydrogen) atoms. The molecule has 0 spiro atoms. The van der Waals surface area contributed by atoms with Gasteiger partial charge >= 0.3 is 6.18 Å². The molecule has 0 amide bonds. The Morgan fingerprint density at radius 3 is 2.30 bits per heavy atom. The molecule has 0 aliphatic carbocycles. The summed E-state index contributed by atoms with van der Waals surface area (Å²) >= 11 is 9.34. The Kier molecular flexibility index (Phi) is 6.42. The molecule has 0 radical (unpaired) electrons. The zero-order chi connectivity index (χ0) is 15.3. The molecule has 1 rings (SSSR count). The normalized spacial score (nSPS) is 13.2. The molecule has 3 nitrogen and oxygen atoms in total. The predicted molar refractivity (Wildman–Crippen MR) is 72.7 cm³/mol. The van der Waals surface area contributed by atoms with E-state index in [9.17, 15) is 13.2 Å². The minimum Gasteiger partial charge on any atom is -0.496 e. The van der Waals surface area contributed by atoms with Gasteiger partial charge in [-0.25, -0.2) is 0 Å². The highest BCUT2D eigenvalue weighted by Crippen LogP contribution is 2.38. The Balaban J connectivity index is 2.83. The Morgan fingerprint density at radius 2 is 1.80 bits per heavy atom. The SMILES string of the molecule is COc1cc(C(Cl)COCC(F)(F)F)c(OC)cc1Br. The number of methoxy groups -OCH3 is 2. The van der Waals surface area contributed by atoms with Crippen LogP contribution in [0.2, 0.25) is 0 Å². The summed E-state index contributed by atoms with van der Waals surface area (Å²) in [5.41, 5.74) is 0.497. The first-order valence-electron chi connectivity index (χ1n) is 5.48. The highest BCUT2D eigenvalue weighted by Gasteiger charge is 2.28. The fraction of sp³-hybridized carbons (Fsp3) is 0.500. The van der Waals surface area contributed by atoms with E-state index in [1.54, 1.807) is 12.1 Å². The number of hydrogen-bond acceptors (Lipinski definition) is 3. The highest BCUT2D eigenvalue weighted by atomic mass is 79.9. The van der Waals surface area contributed by atoms with Crippen molar-refractivity contribution in [1.29, 1.82) is 0 Å². The molecule has 0 fully saturated rings. The lowest BCUT2D eigenvalue weighted by Crippen LogP contribution is -2.18. The fourth-order valence-corrected chi connectivity index (χ4v) is 2.24. The molecule has 1 atom stereocenters. The lowest BCUT2D eigenvalue weighted by Gasteiger charge is -2.17. The summed E-state index contributed by atoms with van der Waals surface area (Å²) in [6, 6.07) is 3.23. The van der Waals surface area contributed by atoms with E-state index in [1.165, 1.54) is 14.2 Å². The van der Waals surface area contributed by atoms with Crippen molar-refractivity contribution in [3.8, 4) is 11.5 Å².